The lowest BCUT2D eigenvalue weighted by atomic mass is 9.93. The number of ether oxygens (including phenoxy) is 1. The van der Waals surface area contributed by atoms with Crippen molar-refractivity contribution in [2.24, 2.45) is 0 Å². The minimum atomic E-state index is -0.0247. The molecule has 1 atom stereocenters. The van der Waals surface area contributed by atoms with Crippen molar-refractivity contribution in [3.05, 3.63) is 21.8 Å². The molecule has 6 heteroatoms. The number of nitrogens with zero attached hydrogens (tertiary/aromatic N) is 2. The Morgan fingerprint density at radius 3 is 2.86 bits per heavy atom. The van der Waals surface area contributed by atoms with Gasteiger partial charge in [-0.05, 0) is 12.8 Å². The minimum absolute atomic E-state index is 0.0247. The van der Waals surface area contributed by atoms with Crippen LogP contribution in [0.25, 0.3) is 5.57 Å². The van der Waals surface area contributed by atoms with Gasteiger partial charge in [-0.15, -0.1) is 11.3 Å². The zero-order chi connectivity index (χ0) is 15.9. The van der Waals surface area contributed by atoms with Crippen molar-refractivity contribution in [2.75, 3.05) is 19.7 Å². The largest absolute Gasteiger partial charge is 0.510 e. The van der Waals surface area contributed by atoms with Crippen molar-refractivity contribution in [3.8, 4) is 0 Å². The van der Waals surface area contributed by atoms with Crippen molar-refractivity contribution >= 4 is 22.7 Å². The molecule has 0 bridgehead atoms. The van der Waals surface area contributed by atoms with Crippen LogP contribution in [-0.4, -0.2) is 46.6 Å². The highest BCUT2D eigenvalue weighted by molar-refractivity contribution is 7.11. The van der Waals surface area contributed by atoms with Gasteiger partial charge in [-0.1, -0.05) is 20.8 Å². The maximum atomic E-state index is 10.3. The van der Waals surface area contributed by atoms with E-state index in [1.54, 1.807) is 0 Å². The van der Waals surface area contributed by atoms with Crippen LogP contribution in [0.3, 0.4) is 0 Å². The number of aromatic nitrogens is 1. The zero-order valence-electron chi connectivity index (χ0n) is 13.3. The molecule has 120 valence electrons. The fraction of sp³-hybridized carbons (Fsp3) is 0.625. The van der Waals surface area contributed by atoms with Crippen LogP contribution in [0.4, 0.5) is 0 Å². The van der Waals surface area contributed by atoms with E-state index in [9.17, 15) is 5.11 Å². The lowest BCUT2D eigenvalue weighted by molar-refractivity contribution is 0.0924. The Morgan fingerprint density at radius 1 is 1.50 bits per heavy atom. The fourth-order valence-electron chi connectivity index (χ4n) is 2.78. The Hall–Kier alpha value is -1.40. The molecule has 0 spiro atoms. The first-order valence-corrected chi connectivity index (χ1v) is 8.58. The van der Waals surface area contributed by atoms with E-state index in [1.165, 1.54) is 11.3 Å². The molecular formula is C16H23N3O2S. The van der Waals surface area contributed by atoms with Crippen LogP contribution in [0, 0.1) is 5.41 Å². The van der Waals surface area contributed by atoms with Gasteiger partial charge in [-0.25, -0.2) is 4.98 Å². The summed E-state index contributed by atoms with van der Waals surface area (Å²) in [5, 5.41) is 21.4. The molecule has 2 N–H and O–H groups in total. The Morgan fingerprint density at radius 2 is 2.27 bits per heavy atom. The van der Waals surface area contributed by atoms with E-state index in [1.807, 2.05) is 10.3 Å². The smallest absolute Gasteiger partial charge is 0.135 e. The van der Waals surface area contributed by atoms with Gasteiger partial charge in [0, 0.05) is 23.9 Å². The number of nitrogens with one attached hydrogen (secondary N) is 1. The molecule has 3 heterocycles. The number of hydrogen-bond acceptors (Lipinski definition) is 5. The predicted molar refractivity (Wildman–Crippen MR) is 88.6 cm³/mol. The summed E-state index contributed by atoms with van der Waals surface area (Å²) in [4.78, 5) is 6.52. The van der Waals surface area contributed by atoms with Gasteiger partial charge in [0.25, 0.3) is 0 Å². The highest BCUT2D eigenvalue weighted by atomic mass is 32.1. The first-order chi connectivity index (χ1) is 10.4. The minimum Gasteiger partial charge on any atom is -0.510 e. The molecule has 2 aliphatic heterocycles. The van der Waals surface area contributed by atoms with Gasteiger partial charge in [0.1, 0.15) is 16.6 Å². The lowest BCUT2D eigenvalue weighted by Gasteiger charge is -2.22. The van der Waals surface area contributed by atoms with Crippen LogP contribution in [0.2, 0.25) is 0 Å². The van der Waals surface area contributed by atoms with E-state index in [0.29, 0.717) is 24.5 Å². The Kier molecular flexibility index (Phi) is 3.99. The number of hydrogen-bond donors (Lipinski definition) is 2. The van der Waals surface area contributed by atoms with Crippen molar-refractivity contribution in [2.45, 2.75) is 45.1 Å². The van der Waals surface area contributed by atoms with Crippen molar-refractivity contribution in [1.82, 2.24) is 9.88 Å². The molecule has 5 nitrogen and oxygen atoms in total. The summed E-state index contributed by atoms with van der Waals surface area (Å²) in [6.07, 6.45) is 2.29. The maximum absolute atomic E-state index is 10.3. The van der Waals surface area contributed by atoms with Gasteiger partial charge in [0.15, 0.2) is 0 Å². The zero-order valence-corrected chi connectivity index (χ0v) is 14.2. The lowest BCUT2D eigenvalue weighted by Crippen LogP contribution is -2.34. The second-order valence-corrected chi connectivity index (χ2v) is 7.83. The van der Waals surface area contributed by atoms with Gasteiger partial charge in [-0.3, -0.25) is 5.41 Å². The second kappa shape index (κ2) is 5.66. The number of amidine groups is 1. The first kappa shape index (κ1) is 15.5. The molecule has 22 heavy (non-hydrogen) atoms. The Bertz CT molecular complexity index is 609. The molecule has 1 aromatic heterocycles. The Labute approximate surface area is 135 Å². The number of thiazole rings is 1. The summed E-state index contributed by atoms with van der Waals surface area (Å²) in [5.74, 6) is 0.612. The summed E-state index contributed by atoms with van der Waals surface area (Å²) >= 11 is 1.50. The SMILES string of the molecule is CC(C)(C)c1csc(C2=C(O)CN(CC3CCCO3)C2=N)n1. The molecule has 0 aromatic carbocycles. The van der Waals surface area contributed by atoms with Gasteiger partial charge in [0.2, 0.25) is 0 Å². The summed E-state index contributed by atoms with van der Waals surface area (Å²) in [6, 6.07) is 0. The average Bonchev–Trinajstić information content (AvgIpc) is 3.11. The fourth-order valence-corrected chi connectivity index (χ4v) is 3.89. The van der Waals surface area contributed by atoms with Crippen LogP contribution in [-0.2, 0) is 10.2 Å². The summed E-state index contributed by atoms with van der Waals surface area (Å²) in [5.41, 5.74) is 1.56. The molecule has 2 aliphatic rings. The standard InChI is InChI=1S/C16H23N3O2S/c1-16(2,3)12-9-22-15(18-12)13-11(20)8-19(14(13)17)7-10-5-4-6-21-10/h9-10,17,20H,4-8H2,1-3H3. The van der Waals surface area contributed by atoms with E-state index in [2.05, 4.69) is 25.8 Å². The Balaban J connectivity index is 1.77. The highest BCUT2D eigenvalue weighted by Crippen LogP contribution is 2.33. The average molecular weight is 321 g/mol. The molecule has 0 amide bonds. The third kappa shape index (κ3) is 2.90. The normalized spacial score (nSPS) is 23.0. The van der Waals surface area contributed by atoms with E-state index in [4.69, 9.17) is 10.1 Å². The topological polar surface area (TPSA) is 69.4 Å². The summed E-state index contributed by atoms with van der Waals surface area (Å²) < 4.78 is 5.64. The quantitative estimate of drug-likeness (QED) is 0.897. The predicted octanol–water partition coefficient (Wildman–Crippen LogP) is 3.18. The monoisotopic (exact) mass is 321 g/mol. The van der Waals surface area contributed by atoms with Crippen molar-refractivity contribution in [1.29, 1.82) is 5.41 Å². The van der Waals surface area contributed by atoms with Gasteiger partial charge >= 0.3 is 0 Å². The van der Waals surface area contributed by atoms with Crippen LogP contribution in [0.15, 0.2) is 11.1 Å². The first-order valence-electron chi connectivity index (χ1n) is 7.70. The third-order valence-corrected chi connectivity index (χ3v) is 4.98. The van der Waals surface area contributed by atoms with E-state index >= 15 is 0 Å². The van der Waals surface area contributed by atoms with Crippen molar-refractivity contribution in [3.63, 3.8) is 0 Å². The molecular weight excluding hydrogens is 298 g/mol. The van der Waals surface area contributed by atoms with Crippen LogP contribution >= 0.6 is 11.3 Å². The van der Waals surface area contributed by atoms with Crippen LogP contribution in [0.1, 0.15) is 44.3 Å². The number of aliphatic hydroxyl groups excluding tert-OH is 1. The van der Waals surface area contributed by atoms with E-state index < -0.39 is 0 Å². The van der Waals surface area contributed by atoms with Crippen LogP contribution < -0.4 is 0 Å². The van der Waals surface area contributed by atoms with Gasteiger partial charge < -0.3 is 14.7 Å². The number of rotatable bonds is 3. The summed E-state index contributed by atoms with van der Waals surface area (Å²) in [6.45, 7) is 8.21. The molecule has 1 fully saturated rings. The van der Waals surface area contributed by atoms with E-state index in [0.717, 1.165) is 30.2 Å². The van der Waals surface area contributed by atoms with Crippen LogP contribution in [0.5, 0.6) is 0 Å². The van der Waals surface area contributed by atoms with Gasteiger partial charge in [-0.2, -0.15) is 0 Å². The maximum Gasteiger partial charge on any atom is 0.135 e. The third-order valence-electron chi connectivity index (χ3n) is 4.12. The van der Waals surface area contributed by atoms with E-state index in [-0.39, 0.29) is 17.3 Å². The molecule has 1 aromatic rings. The highest BCUT2D eigenvalue weighted by Gasteiger charge is 2.33. The molecule has 0 saturated carbocycles. The molecule has 0 aliphatic carbocycles. The molecule has 1 saturated heterocycles. The summed E-state index contributed by atoms with van der Waals surface area (Å²) in [7, 11) is 0. The number of aliphatic hydroxyl groups is 1. The molecule has 1 unspecified atom stereocenters. The van der Waals surface area contributed by atoms with Gasteiger partial charge in [0.05, 0.1) is 23.9 Å². The van der Waals surface area contributed by atoms with Crippen molar-refractivity contribution < 1.29 is 9.84 Å². The molecule has 0 radical (unpaired) electrons. The molecule has 3 rings (SSSR count). The second-order valence-electron chi connectivity index (χ2n) is 6.97.